The molecular weight excluding hydrogens is 439 g/mol. The summed E-state index contributed by atoms with van der Waals surface area (Å²) in [6, 6.07) is 4.74. The maximum atomic E-state index is 12.1. The smallest absolute Gasteiger partial charge is 0.335 e. The quantitative estimate of drug-likeness (QED) is 0.732. The van der Waals surface area contributed by atoms with Gasteiger partial charge in [-0.2, -0.15) is 0 Å². The Morgan fingerprint density at radius 1 is 1.50 bits per heavy atom. The van der Waals surface area contributed by atoms with E-state index < -0.39 is 5.97 Å². The van der Waals surface area contributed by atoms with Crippen molar-refractivity contribution in [1.82, 2.24) is 9.55 Å². The topological polar surface area (TPSA) is 72.2 Å². The largest absolute Gasteiger partial charge is 0.478 e. The lowest BCUT2D eigenvalue weighted by atomic mass is 10.1. The van der Waals surface area contributed by atoms with Gasteiger partial charge >= 0.3 is 5.97 Å². The van der Waals surface area contributed by atoms with E-state index in [1.807, 2.05) is 22.6 Å². The predicted octanol–water partition coefficient (Wildman–Crippen LogP) is 2.67. The summed E-state index contributed by atoms with van der Waals surface area (Å²) in [4.78, 5) is 27.1. The van der Waals surface area contributed by atoms with Crippen LogP contribution in [-0.4, -0.2) is 20.6 Å². The van der Waals surface area contributed by atoms with E-state index in [2.05, 4.69) is 20.9 Å². The highest BCUT2D eigenvalue weighted by Crippen LogP contribution is 2.20. The van der Waals surface area contributed by atoms with Crippen molar-refractivity contribution >= 4 is 44.5 Å². The van der Waals surface area contributed by atoms with Crippen molar-refractivity contribution in [2.75, 3.05) is 0 Å². The van der Waals surface area contributed by atoms with E-state index in [-0.39, 0.29) is 11.1 Å². The summed E-state index contributed by atoms with van der Waals surface area (Å²) in [5.74, 6) is -0.369. The Labute approximate surface area is 136 Å². The molecule has 0 spiro atoms. The molecule has 0 radical (unpaired) electrons. The normalized spacial score (nSPS) is 10.6. The Morgan fingerprint density at radius 3 is 2.80 bits per heavy atom. The van der Waals surface area contributed by atoms with Crippen molar-refractivity contribution in [3.05, 3.63) is 59.7 Å². The molecule has 0 bridgehead atoms. The monoisotopic (exact) mass is 448 g/mol. The maximum absolute atomic E-state index is 12.1. The second-order valence-electron chi connectivity index (χ2n) is 4.16. The van der Waals surface area contributed by atoms with E-state index in [1.165, 1.54) is 18.3 Å². The first kappa shape index (κ1) is 15.2. The summed E-state index contributed by atoms with van der Waals surface area (Å²) in [5.41, 5.74) is 0.918. The molecule has 7 heteroatoms. The number of carboxylic acids is 1. The van der Waals surface area contributed by atoms with Crippen molar-refractivity contribution in [3.8, 4) is 0 Å². The van der Waals surface area contributed by atoms with Crippen molar-refractivity contribution in [3.63, 3.8) is 0 Å². The van der Waals surface area contributed by atoms with Gasteiger partial charge in [-0.05, 0) is 47.2 Å². The van der Waals surface area contributed by atoms with Crippen LogP contribution in [0.15, 0.2) is 33.7 Å². The van der Waals surface area contributed by atoms with Gasteiger partial charge in [0.15, 0.2) is 0 Å². The molecule has 0 aliphatic carbocycles. The number of hydrogen-bond acceptors (Lipinski definition) is 3. The van der Waals surface area contributed by atoms with Crippen molar-refractivity contribution in [1.29, 1.82) is 0 Å². The number of benzene rings is 1. The van der Waals surface area contributed by atoms with Crippen LogP contribution in [0.4, 0.5) is 0 Å². The zero-order valence-corrected chi connectivity index (χ0v) is 14.2. The van der Waals surface area contributed by atoms with Gasteiger partial charge in [-0.15, -0.1) is 0 Å². The van der Waals surface area contributed by atoms with Gasteiger partial charge in [-0.3, -0.25) is 9.36 Å². The van der Waals surface area contributed by atoms with Crippen LogP contribution in [0.1, 0.15) is 21.7 Å². The van der Waals surface area contributed by atoms with Crippen LogP contribution in [0.25, 0.3) is 0 Å². The molecule has 104 valence electrons. The standard InChI is InChI=1S/C13H10BrIN2O3/c1-7-16-5-11(15)12(18)17(7)6-9-3-2-8(13(19)20)4-10(9)14/h2-5H,6H2,1H3,(H,19,20). The third kappa shape index (κ3) is 3.09. The van der Waals surface area contributed by atoms with Gasteiger partial charge in [0.25, 0.3) is 5.56 Å². The van der Waals surface area contributed by atoms with Crippen LogP contribution in [0.3, 0.4) is 0 Å². The SMILES string of the molecule is Cc1ncc(I)c(=O)n1Cc1ccc(C(=O)O)cc1Br. The number of hydrogen-bond donors (Lipinski definition) is 1. The van der Waals surface area contributed by atoms with E-state index in [4.69, 9.17) is 5.11 Å². The van der Waals surface area contributed by atoms with E-state index in [0.29, 0.717) is 20.4 Å². The molecule has 20 heavy (non-hydrogen) atoms. The molecule has 2 rings (SSSR count). The molecule has 1 aromatic heterocycles. The maximum Gasteiger partial charge on any atom is 0.335 e. The Bertz CT molecular complexity index is 743. The number of aromatic nitrogens is 2. The van der Waals surface area contributed by atoms with Crippen molar-refractivity contribution in [2.24, 2.45) is 0 Å². The molecule has 0 fully saturated rings. The molecule has 1 heterocycles. The Hall–Kier alpha value is -1.22. The number of rotatable bonds is 3. The van der Waals surface area contributed by atoms with E-state index in [0.717, 1.165) is 5.56 Å². The second kappa shape index (κ2) is 6.04. The van der Waals surface area contributed by atoms with Gasteiger partial charge in [-0.25, -0.2) is 9.78 Å². The summed E-state index contributed by atoms with van der Waals surface area (Å²) in [6.07, 6.45) is 1.54. The molecule has 0 aliphatic rings. The average molecular weight is 449 g/mol. The molecule has 0 aliphatic heterocycles. The van der Waals surface area contributed by atoms with Gasteiger partial charge in [0, 0.05) is 10.7 Å². The minimum absolute atomic E-state index is 0.104. The number of halogens is 2. The fourth-order valence-electron chi connectivity index (χ4n) is 1.72. The first-order valence-corrected chi connectivity index (χ1v) is 7.51. The molecule has 0 saturated carbocycles. The fraction of sp³-hybridized carbons (Fsp3) is 0.154. The Balaban J connectivity index is 2.43. The number of carbonyl (C=O) groups is 1. The Kier molecular flexibility index (Phi) is 4.59. The van der Waals surface area contributed by atoms with Crippen molar-refractivity contribution in [2.45, 2.75) is 13.5 Å². The summed E-state index contributed by atoms with van der Waals surface area (Å²) in [7, 11) is 0. The molecule has 0 saturated heterocycles. The summed E-state index contributed by atoms with van der Waals surface area (Å²) in [6.45, 7) is 2.10. The van der Waals surface area contributed by atoms with Gasteiger partial charge in [0.05, 0.1) is 15.7 Å². The summed E-state index contributed by atoms with van der Waals surface area (Å²) >= 11 is 5.29. The lowest BCUT2D eigenvalue weighted by molar-refractivity contribution is 0.0697. The minimum Gasteiger partial charge on any atom is -0.478 e. The van der Waals surface area contributed by atoms with E-state index >= 15 is 0 Å². The molecule has 0 amide bonds. The highest BCUT2D eigenvalue weighted by Gasteiger charge is 2.10. The van der Waals surface area contributed by atoms with Crippen LogP contribution >= 0.6 is 38.5 Å². The van der Waals surface area contributed by atoms with Crippen LogP contribution in [0, 0.1) is 10.5 Å². The molecule has 5 nitrogen and oxygen atoms in total. The first-order valence-electron chi connectivity index (χ1n) is 5.64. The minimum atomic E-state index is -0.985. The number of carboxylic acid groups (broad SMARTS) is 1. The predicted molar refractivity (Wildman–Crippen MR) is 86.2 cm³/mol. The van der Waals surface area contributed by atoms with Gasteiger partial charge in [-0.1, -0.05) is 22.0 Å². The van der Waals surface area contributed by atoms with Gasteiger partial charge in [0.1, 0.15) is 5.82 Å². The third-order valence-corrected chi connectivity index (χ3v) is 4.31. The highest BCUT2D eigenvalue weighted by atomic mass is 127. The second-order valence-corrected chi connectivity index (χ2v) is 6.17. The van der Waals surface area contributed by atoms with E-state index in [9.17, 15) is 9.59 Å². The summed E-state index contributed by atoms with van der Waals surface area (Å²) < 4.78 is 2.76. The van der Waals surface area contributed by atoms with Crippen LogP contribution < -0.4 is 5.56 Å². The molecular formula is C13H10BrIN2O3. The van der Waals surface area contributed by atoms with Crippen LogP contribution in [0.5, 0.6) is 0 Å². The zero-order valence-electron chi connectivity index (χ0n) is 10.4. The average Bonchev–Trinajstić information content (AvgIpc) is 2.40. The van der Waals surface area contributed by atoms with Gasteiger partial charge < -0.3 is 5.11 Å². The zero-order chi connectivity index (χ0) is 14.9. The number of nitrogens with zero attached hydrogens (tertiary/aromatic N) is 2. The molecule has 0 unspecified atom stereocenters. The molecule has 2 aromatic rings. The fourth-order valence-corrected chi connectivity index (χ4v) is 2.65. The molecule has 1 aromatic carbocycles. The lowest BCUT2D eigenvalue weighted by Crippen LogP contribution is -2.26. The van der Waals surface area contributed by atoms with Crippen LogP contribution in [0.2, 0.25) is 0 Å². The molecule has 1 N–H and O–H groups in total. The highest BCUT2D eigenvalue weighted by molar-refractivity contribution is 14.1. The lowest BCUT2D eigenvalue weighted by Gasteiger charge is -2.11. The molecule has 0 atom stereocenters. The van der Waals surface area contributed by atoms with Crippen molar-refractivity contribution < 1.29 is 9.90 Å². The summed E-state index contributed by atoms with van der Waals surface area (Å²) in [5, 5.41) is 8.93. The van der Waals surface area contributed by atoms with Gasteiger partial charge in [0.2, 0.25) is 0 Å². The van der Waals surface area contributed by atoms with Crippen LogP contribution in [-0.2, 0) is 6.54 Å². The number of aromatic carboxylic acids is 1. The third-order valence-electron chi connectivity index (χ3n) is 2.83. The Morgan fingerprint density at radius 2 is 2.20 bits per heavy atom. The number of aryl methyl sites for hydroxylation is 1. The first-order chi connectivity index (χ1) is 9.40. The van der Waals surface area contributed by atoms with E-state index in [1.54, 1.807) is 17.6 Å².